The standard InChI is InChI=1S/C12H10F2O2/c13-9-4-8(5-10(14)6-9)12(15)7-11-2-1-3-16-11/h1-6,12,15H,7H2. The zero-order valence-electron chi connectivity index (χ0n) is 8.36. The van der Waals surface area contributed by atoms with E-state index in [2.05, 4.69) is 0 Å². The van der Waals surface area contributed by atoms with Gasteiger partial charge in [0.2, 0.25) is 0 Å². The molecule has 2 rings (SSSR count). The Bertz CT molecular complexity index is 446. The maximum atomic E-state index is 12.9. The Balaban J connectivity index is 2.17. The van der Waals surface area contributed by atoms with Gasteiger partial charge in [0.15, 0.2) is 0 Å². The molecule has 1 aromatic carbocycles. The molecule has 0 saturated heterocycles. The molecular weight excluding hydrogens is 214 g/mol. The molecule has 1 unspecified atom stereocenters. The molecule has 0 aliphatic carbocycles. The van der Waals surface area contributed by atoms with Crippen molar-refractivity contribution in [3.63, 3.8) is 0 Å². The first-order valence-corrected chi connectivity index (χ1v) is 4.81. The summed E-state index contributed by atoms with van der Waals surface area (Å²) in [6, 6.07) is 6.36. The van der Waals surface area contributed by atoms with Crippen molar-refractivity contribution < 1.29 is 18.3 Å². The Kier molecular flexibility index (Phi) is 3.01. The highest BCUT2D eigenvalue weighted by molar-refractivity contribution is 5.21. The number of rotatable bonds is 3. The van der Waals surface area contributed by atoms with Gasteiger partial charge in [-0.05, 0) is 29.8 Å². The summed E-state index contributed by atoms with van der Waals surface area (Å²) in [6.07, 6.45) is 0.695. The third-order valence-corrected chi connectivity index (χ3v) is 2.24. The monoisotopic (exact) mass is 224 g/mol. The van der Waals surface area contributed by atoms with Crippen LogP contribution < -0.4 is 0 Å². The molecule has 4 heteroatoms. The van der Waals surface area contributed by atoms with Crippen molar-refractivity contribution in [2.24, 2.45) is 0 Å². The van der Waals surface area contributed by atoms with Crippen LogP contribution in [-0.4, -0.2) is 5.11 Å². The summed E-state index contributed by atoms with van der Waals surface area (Å²) in [5, 5.41) is 9.75. The van der Waals surface area contributed by atoms with Crippen molar-refractivity contribution in [2.45, 2.75) is 12.5 Å². The number of hydrogen-bond donors (Lipinski definition) is 1. The maximum absolute atomic E-state index is 12.9. The normalized spacial score (nSPS) is 12.7. The van der Waals surface area contributed by atoms with E-state index in [1.54, 1.807) is 12.1 Å². The van der Waals surface area contributed by atoms with Gasteiger partial charge >= 0.3 is 0 Å². The van der Waals surface area contributed by atoms with E-state index < -0.39 is 17.7 Å². The number of hydrogen-bond acceptors (Lipinski definition) is 2. The second kappa shape index (κ2) is 4.45. The molecule has 1 aromatic heterocycles. The molecule has 0 bridgehead atoms. The van der Waals surface area contributed by atoms with Crippen molar-refractivity contribution in [1.82, 2.24) is 0 Å². The van der Waals surface area contributed by atoms with Gasteiger partial charge in [0, 0.05) is 12.5 Å². The van der Waals surface area contributed by atoms with Crippen LogP contribution in [0.15, 0.2) is 41.0 Å². The van der Waals surface area contributed by atoms with Crippen LogP contribution in [0, 0.1) is 11.6 Å². The Labute approximate surface area is 91.1 Å². The summed E-state index contributed by atoms with van der Waals surface area (Å²) in [6.45, 7) is 0. The van der Waals surface area contributed by atoms with Gasteiger partial charge in [0.1, 0.15) is 17.4 Å². The van der Waals surface area contributed by atoms with Crippen LogP contribution in [0.3, 0.4) is 0 Å². The molecule has 1 N–H and O–H groups in total. The van der Waals surface area contributed by atoms with E-state index in [0.29, 0.717) is 5.76 Å². The predicted octanol–water partition coefficient (Wildman–Crippen LogP) is 2.83. The first-order chi connectivity index (χ1) is 7.65. The van der Waals surface area contributed by atoms with Crippen LogP contribution in [0.25, 0.3) is 0 Å². The lowest BCUT2D eigenvalue weighted by Gasteiger charge is -2.09. The molecule has 0 amide bonds. The fourth-order valence-corrected chi connectivity index (χ4v) is 1.50. The number of aliphatic hydroxyl groups is 1. The van der Waals surface area contributed by atoms with Gasteiger partial charge in [-0.2, -0.15) is 0 Å². The van der Waals surface area contributed by atoms with Crippen molar-refractivity contribution in [3.8, 4) is 0 Å². The van der Waals surface area contributed by atoms with Crippen LogP contribution in [0.1, 0.15) is 17.4 Å². The van der Waals surface area contributed by atoms with Crippen molar-refractivity contribution in [3.05, 3.63) is 59.6 Å². The van der Waals surface area contributed by atoms with Crippen LogP contribution in [0.4, 0.5) is 8.78 Å². The summed E-state index contributed by atoms with van der Waals surface area (Å²) < 4.78 is 30.8. The average molecular weight is 224 g/mol. The van der Waals surface area contributed by atoms with Crippen molar-refractivity contribution in [1.29, 1.82) is 0 Å². The maximum Gasteiger partial charge on any atom is 0.126 e. The molecule has 0 aliphatic heterocycles. The largest absolute Gasteiger partial charge is 0.469 e. The molecule has 84 valence electrons. The average Bonchev–Trinajstić information content (AvgIpc) is 2.68. The highest BCUT2D eigenvalue weighted by Gasteiger charge is 2.12. The number of benzene rings is 1. The van der Waals surface area contributed by atoms with E-state index in [4.69, 9.17) is 4.42 Å². The Morgan fingerprint density at radius 2 is 1.88 bits per heavy atom. The summed E-state index contributed by atoms with van der Waals surface area (Å²) in [5.41, 5.74) is 0.203. The topological polar surface area (TPSA) is 33.4 Å². The fourth-order valence-electron chi connectivity index (χ4n) is 1.50. The predicted molar refractivity (Wildman–Crippen MR) is 53.7 cm³/mol. The van der Waals surface area contributed by atoms with Gasteiger partial charge in [-0.1, -0.05) is 0 Å². The molecule has 2 aromatic rings. The zero-order valence-corrected chi connectivity index (χ0v) is 8.36. The Hall–Kier alpha value is -1.68. The minimum absolute atomic E-state index is 0.190. The molecular formula is C12H10F2O2. The molecule has 1 atom stereocenters. The van der Waals surface area contributed by atoms with E-state index in [1.165, 1.54) is 6.26 Å². The van der Waals surface area contributed by atoms with Gasteiger partial charge in [-0.15, -0.1) is 0 Å². The Morgan fingerprint density at radius 1 is 1.19 bits per heavy atom. The SMILES string of the molecule is OC(Cc1ccco1)c1cc(F)cc(F)c1. The van der Waals surface area contributed by atoms with E-state index in [-0.39, 0.29) is 12.0 Å². The lowest BCUT2D eigenvalue weighted by molar-refractivity contribution is 0.169. The van der Waals surface area contributed by atoms with Crippen LogP contribution in [0.2, 0.25) is 0 Å². The minimum atomic E-state index is -0.976. The first-order valence-electron chi connectivity index (χ1n) is 4.81. The summed E-state index contributed by atoms with van der Waals surface area (Å²) >= 11 is 0. The van der Waals surface area contributed by atoms with Crippen molar-refractivity contribution >= 4 is 0 Å². The highest BCUT2D eigenvalue weighted by Crippen LogP contribution is 2.20. The first kappa shape index (κ1) is 10.8. The summed E-state index contributed by atoms with van der Waals surface area (Å²) in [4.78, 5) is 0. The van der Waals surface area contributed by atoms with Gasteiger partial charge in [-0.25, -0.2) is 8.78 Å². The summed E-state index contributed by atoms with van der Waals surface area (Å²) in [5.74, 6) is -0.834. The lowest BCUT2D eigenvalue weighted by atomic mass is 10.1. The lowest BCUT2D eigenvalue weighted by Crippen LogP contribution is -2.02. The highest BCUT2D eigenvalue weighted by atomic mass is 19.1. The second-order valence-corrected chi connectivity index (χ2v) is 3.50. The Morgan fingerprint density at radius 3 is 2.44 bits per heavy atom. The zero-order chi connectivity index (χ0) is 11.5. The fraction of sp³-hybridized carbons (Fsp3) is 0.167. The van der Waals surface area contributed by atoms with E-state index >= 15 is 0 Å². The molecule has 0 saturated carbocycles. The third kappa shape index (κ3) is 2.46. The van der Waals surface area contributed by atoms with Crippen LogP contribution in [0.5, 0.6) is 0 Å². The smallest absolute Gasteiger partial charge is 0.126 e. The van der Waals surface area contributed by atoms with Crippen molar-refractivity contribution in [2.75, 3.05) is 0 Å². The number of furan rings is 1. The third-order valence-electron chi connectivity index (χ3n) is 2.24. The molecule has 2 nitrogen and oxygen atoms in total. The molecule has 0 fully saturated rings. The van der Waals surface area contributed by atoms with Gasteiger partial charge in [0.25, 0.3) is 0 Å². The molecule has 0 radical (unpaired) electrons. The molecule has 1 heterocycles. The van der Waals surface area contributed by atoms with Gasteiger partial charge in [0.05, 0.1) is 12.4 Å². The second-order valence-electron chi connectivity index (χ2n) is 3.50. The molecule has 16 heavy (non-hydrogen) atoms. The quantitative estimate of drug-likeness (QED) is 0.869. The minimum Gasteiger partial charge on any atom is -0.469 e. The van der Waals surface area contributed by atoms with Crippen LogP contribution >= 0.6 is 0 Å². The summed E-state index contributed by atoms with van der Waals surface area (Å²) in [7, 11) is 0. The van der Waals surface area contributed by atoms with E-state index in [9.17, 15) is 13.9 Å². The van der Waals surface area contributed by atoms with Gasteiger partial charge < -0.3 is 9.52 Å². The van der Waals surface area contributed by atoms with E-state index in [1.807, 2.05) is 0 Å². The van der Waals surface area contributed by atoms with Gasteiger partial charge in [-0.3, -0.25) is 0 Å². The molecule has 0 spiro atoms. The molecule has 0 aliphatic rings. The van der Waals surface area contributed by atoms with Crippen LogP contribution in [-0.2, 0) is 6.42 Å². The van der Waals surface area contributed by atoms with E-state index in [0.717, 1.165) is 18.2 Å². The number of halogens is 2. The number of aliphatic hydroxyl groups excluding tert-OH is 1.